The van der Waals surface area contributed by atoms with Gasteiger partial charge in [0.1, 0.15) is 0 Å². The van der Waals surface area contributed by atoms with E-state index >= 15 is 0 Å². The average molecular weight is 116 g/mol. The smallest absolute Gasteiger partial charge is 1.00 e. The normalized spacial score (nSPS) is 7.71. The zero-order valence-electron chi connectivity index (χ0n) is 5.65. The molecule has 0 aromatic carbocycles. The molecule has 40 valence electrons. The van der Waals surface area contributed by atoms with Crippen molar-refractivity contribution in [1.29, 1.82) is 0 Å². The van der Waals surface area contributed by atoms with E-state index in [0.29, 0.717) is 12.8 Å². The van der Waals surface area contributed by atoms with Crippen LogP contribution in [0, 0.1) is 0 Å². The molecular formula is C4H10FNaO. The van der Waals surface area contributed by atoms with Gasteiger partial charge in [-0.05, 0) is 12.8 Å². The van der Waals surface area contributed by atoms with Crippen LogP contribution in [0.3, 0.4) is 0 Å². The second-order valence-electron chi connectivity index (χ2n) is 1.12. The Morgan fingerprint density at radius 2 is 2.00 bits per heavy atom. The molecule has 1 nitrogen and oxygen atoms in total. The van der Waals surface area contributed by atoms with Crippen LogP contribution in [0.4, 0.5) is 4.39 Å². The van der Waals surface area contributed by atoms with E-state index in [0.717, 1.165) is 0 Å². The fourth-order valence-electron chi connectivity index (χ4n) is 0.206. The molecule has 0 rings (SSSR count). The van der Waals surface area contributed by atoms with Gasteiger partial charge in [0.15, 0.2) is 0 Å². The molecule has 3 heteroatoms. The second kappa shape index (κ2) is 10.00. The summed E-state index contributed by atoms with van der Waals surface area (Å²) < 4.78 is 11.1. The van der Waals surface area contributed by atoms with E-state index in [9.17, 15) is 4.39 Å². The van der Waals surface area contributed by atoms with Crippen LogP contribution in [0.5, 0.6) is 0 Å². The van der Waals surface area contributed by atoms with Crippen molar-refractivity contribution in [3.63, 3.8) is 0 Å². The van der Waals surface area contributed by atoms with Crippen molar-refractivity contribution in [2.75, 3.05) is 13.3 Å². The van der Waals surface area contributed by atoms with Gasteiger partial charge in [0, 0.05) is 6.61 Å². The van der Waals surface area contributed by atoms with Crippen molar-refractivity contribution >= 4 is 0 Å². The first kappa shape index (κ1) is 10.8. The minimum absolute atomic E-state index is 0. The first-order chi connectivity index (χ1) is 2.91. The summed E-state index contributed by atoms with van der Waals surface area (Å²) in [5, 5.41) is 8.03. The van der Waals surface area contributed by atoms with Gasteiger partial charge in [-0.25, -0.2) is 0 Å². The summed E-state index contributed by atoms with van der Waals surface area (Å²) >= 11 is 0. The van der Waals surface area contributed by atoms with Crippen LogP contribution in [-0.4, -0.2) is 18.4 Å². The average Bonchev–Trinajstić information content (AvgIpc) is 1.61. The van der Waals surface area contributed by atoms with Crippen LogP contribution < -0.4 is 29.6 Å². The standard InChI is InChI=1S/C4H9FO.Na.H/c5-3-1-2-4-6;;/h6H,1-4H2;;/q;+1;-1. The Bertz CT molecular complexity index is 28.0. The third-order valence-corrected chi connectivity index (χ3v) is 0.542. The Morgan fingerprint density at radius 3 is 2.14 bits per heavy atom. The van der Waals surface area contributed by atoms with E-state index < -0.39 is 0 Å². The zero-order valence-corrected chi connectivity index (χ0v) is 6.65. The third kappa shape index (κ3) is 10.9. The fourth-order valence-corrected chi connectivity index (χ4v) is 0.206. The molecular weight excluding hydrogens is 106 g/mol. The number of hydrogen-bond acceptors (Lipinski definition) is 1. The summed E-state index contributed by atoms with van der Waals surface area (Å²) in [6, 6.07) is 0. The van der Waals surface area contributed by atoms with Crippen molar-refractivity contribution < 1.29 is 40.5 Å². The molecule has 0 saturated heterocycles. The van der Waals surface area contributed by atoms with Gasteiger partial charge in [0.05, 0.1) is 6.67 Å². The molecule has 0 aromatic heterocycles. The van der Waals surface area contributed by atoms with E-state index in [4.69, 9.17) is 5.11 Å². The predicted molar refractivity (Wildman–Crippen MR) is 23.4 cm³/mol. The van der Waals surface area contributed by atoms with Gasteiger partial charge in [0.25, 0.3) is 0 Å². The van der Waals surface area contributed by atoms with Gasteiger partial charge in [-0.1, -0.05) is 0 Å². The Hall–Kier alpha value is 0.890. The summed E-state index contributed by atoms with van der Waals surface area (Å²) in [4.78, 5) is 0. The molecule has 1 N–H and O–H groups in total. The Morgan fingerprint density at radius 1 is 1.43 bits per heavy atom. The van der Waals surface area contributed by atoms with E-state index in [1.54, 1.807) is 0 Å². The summed E-state index contributed by atoms with van der Waals surface area (Å²) in [5.74, 6) is 0. The van der Waals surface area contributed by atoms with Crippen molar-refractivity contribution in [3.05, 3.63) is 0 Å². The molecule has 7 heavy (non-hydrogen) atoms. The van der Waals surface area contributed by atoms with Crippen LogP contribution in [0.1, 0.15) is 14.3 Å². The van der Waals surface area contributed by atoms with E-state index in [2.05, 4.69) is 0 Å². The van der Waals surface area contributed by atoms with E-state index in [1.807, 2.05) is 0 Å². The summed E-state index contributed by atoms with van der Waals surface area (Å²) in [5.41, 5.74) is 0. The first-order valence-electron chi connectivity index (χ1n) is 2.08. The van der Waals surface area contributed by atoms with Crippen molar-refractivity contribution in [2.45, 2.75) is 12.8 Å². The maximum Gasteiger partial charge on any atom is 1.00 e. The molecule has 0 aliphatic heterocycles. The number of halogens is 1. The molecule has 0 aliphatic carbocycles. The molecule has 0 bridgehead atoms. The van der Waals surface area contributed by atoms with Gasteiger partial charge in [0.2, 0.25) is 0 Å². The minimum atomic E-state index is -0.305. The largest absolute Gasteiger partial charge is 1.00 e. The molecule has 0 fully saturated rings. The monoisotopic (exact) mass is 116 g/mol. The van der Waals surface area contributed by atoms with Gasteiger partial charge in [-0.3, -0.25) is 4.39 Å². The van der Waals surface area contributed by atoms with E-state index in [-0.39, 0.29) is 44.3 Å². The minimum Gasteiger partial charge on any atom is -1.00 e. The number of aliphatic hydroxyl groups excluding tert-OH is 1. The summed E-state index contributed by atoms with van der Waals surface area (Å²) in [6.45, 7) is -0.190. The molecule has 0 unspecified atom stereocenters. The number of hydrogen-bond donors (Lipinski definition) is 1. The predicted octanol–water partition coefficient (Wildman–Crippen LogP) is -2.16. The molecule has 0 radical (unpaired) electrons. The number of aliphatic hydroxyl groups is 1. The molecule has 0 aliphatic rings. The van der Waals surface area contributed by atoms with Gasteiger partial charge < -0.3 is 6.53 Å². The Kier molecular flexibility index (Phi) is 15.4. The SMILES string of the molecule is OCCCCF.[H-].[Na+]. The van der Waals surface area contributed by atoms with Crippen molar-refractivity contribution in [2.24, 2.45) is 0 Å². The quantitative estimate of drug-likeness (QED) is 0.329. The topological polar surface area (TPSA) is 20.2 Å². The van der Waals surface area contributed by atoms with Gasteiger partial charge in [-0.2, -0.15) is 0 Å². The number of unbranched alkanes of at least 4 members (excludes halogenated alkanes) is 1. The van der Waals surface area contributed by atoms with Crippen LogP contribution in [0.25, 0.3) is 0 Å². The van der Waals surface area contributed by atoms with Gasteiger partial charge in [-0.15, -0.1) is 0 Å². The van der Waals surface area contributed by atoms with Crippen LogP contribution in [-0.2, 0) is 0 Å². The Labute approximate surface area is 66.7 Å². The first-order valence-corrected chi connectivity index (χ1v) is 2.08. The molecule has 0 amide bonds. The molecule has 0 saturated carbocycles. The third-order valence-electron chi connectivity index (χ3n) is 0.542. The molecule has 0 spiro atoms. The molecule has 0 aromatic rings. The fraction of sp³-hybridized carbons (Fsp3) is 1.00. The molecule has 0 atom stereocenters. The van der Waals surface area contributed by atoms with Crippen LogP contribution in [0.15, 0.2) is 0 Å². The van der Waals surface area contributed by atoms with Gasteiger partial charge >= 0.3 is 29.6 Å². The van der Waals surface area contributed by atoms with Crippen molar-refractivity contribution in [1.82, 2.24) is 0 Å². The number of rotatable bonds is 3. The second-order valence-corrected chi connectivity index (χ2v) is 1.12. The Balaban J connectivity index is -0.000000125. The van der Waals surface area contributed by atoms with Crippen LogP contribution >= 0.6 is 0 Å². The summed E-state index contributed by atoms with van der Waals surface area (Å²) in [7, 11) is 0. The maximum absolute atomic E-state index is 11.1. The number of alkyl halides is 1. The van der Waals surface area contributed by atoms with Crippen molar-refractivity contribution in [3.8, 4) is 0 Å². The summed E-state index contributed by atoms with van der Waals surface area (Å²) in [6.07, 6.45) is 1.09. The molecule has 0 heterocycles. The van der Waals surface area contributed by atoms with E-state index in [1.165, 1.54) is 0 Å². The maximum atomic E-state index is 11.1. The zero-order chi connectivity index (χ0) is 4.83. The van der Waals surface area contributed by atoms with Crippen LogP contribution in [0.2, 0.25) is 0 Å².